The lowest BCUT2D eigenvalue weighted by Gasteiger charge is -2.35. The number of hydrogen-bond donors (Lipinski definition) is 1. The van der Waals surface area contributed by atoms with Gasteiger partial charge in [-0.2, -0.15) is 4.31 Å². The predicted molar refractivity (Wildman–Crippen MR) is 77.8 cm³/mol. The van der Waals surface area contributed by atoms with Gasteiger partial charge in [0.2, 0.25) is 15.9 Å². The second-order valence-corrected chi connectivity index (χ2v) is 7.87. The second-order valence-electron chi connectivity index (χ2n) is 5.78. The monoisotopic (exact) mass is 303 g/mol. The van der Waals surface area contributed by atoms with Crippen LogP contribution < -0.4 is 5.32 Å². The number of carbonyl (C=O) groups is 1. The average Bonchev–Trinajstić information content (AvgIpc) is 2.84. The minimum atomic E-state index is -3.13. The van der Waals surface area contributed by atoms with Crippen molar-refractivity contribution >= 4 is 15.9 Å². The smallest absolute Gasteiger partial charge is 0.227 e. The molecular weight excluding hydrogens is 278 g/mol. The number of carbonyl (C=O) groups excluding carboxylic acids is 1. The van der Waals surface area contributed by atoms with Gasteiger partial charge >= 0.3 is 0 Å². The number of sulfonamides is 1. The highest BCUT2D eigenvalue weighted by atomic mass is 32.2. The fourth-order valence-corrected chi connectivity index (χ4v) is 4.44. The Morgan fingerprint density at radius 2 is 1.85 bits per heavy atom. The molecule has 0 aromatic carbocycles. The fraction of sp³-hybridized carbons (Fsp3) is 0.923. The molecule has 2 fully saturated rings. The number of nitrogens with zero attached hydrogens (tertiary/aromatic N) is 2. The summed E-state index contributed by atoms with van der Waals surface area (Å²) in [5.74, 6) is 0.790. The second kappa shape index (κ2) is 6.41. The molecule has 2 saturated heterocycles. The average molecular weight is 303 g/mol. The Balaban J connectivity index is 1.89. The third kappa shape index (κ3) is 3.32. The van der Waals surface area contributed by atoms with E-state index in [0.29, 0.717) is 38.5 Å². The Morgan fingerprint density at radius 3 is 2.35 bits per heavy atom. The Morgan fingerprint density at radius 1 is 1.20 bits per heavy atom. The van der Waals surface area contributed by atoms with Gasteiger partial charge in [-0.15, -0.1) is 0 Å². The van der Waals surface area contributed by atoms with Crippen molar-refractivity contribution in [2.45, 2.75) is 20.3 Å². The Bertz CT molecular complexity index is 444. The van der Waals surface area contributed by atoms with Crippen molar-refractivity contribution < 1.29 is 13.2 Å². The zero-order valence-electron chi connectivity index (χ0n) is 12.3. The van der Waals surface area contributed by atoms with Gasteiger partial charge in [-0.05, 0) is 18.9 Å². The minimum absolute atomic E-state index is 0.0498. The summed E-state index contributed by atoms with van der Waals surface area (Å²) in [6.45, 7) is 7.49. The van der Waals surface area contributed by atoms with E-state index in [9.17, 15) is 13.2 Å². The highest BCUT2D eigenvalue weighted by Crippen LogP contribution is 2.20. The maximum Gasteiger partial charge on any atom is 0.227 e. The molecule has 2 atom stereocenters. The molecule has 6 nitrogen and oxygen atoms in total. The predicted octanol–water partition coefficient (Wildman–Crippen LogP) is -0.274. The molecule has 2 heterocycles. The third-order valence-corrected chi connectivity index (χ3v) is 6.32. The van der Waals surface area contributed by atoms with Gasteiger partial charge in [0.25, 0.3) is 0 Å². The molecule has 2 aliphatic rings. The zero-order chi connectivity index (χ0) is 14.8. The van der Waals surface area contributed by atoms with E-state index in [2.05, 4.69) is 12.2 Å². The Kier molecular flexibility index (Phi) is 5.04. The maximum atomic E-state index is 12.4. The molecule has 20 heavy (non-hydrogen) atoms. The number of amides is 1. The van der Waals surface area contributed by atoms with Crippen molar-refractivity contribution in [2.75, 3.05) is 45.0 Å². The van der Waals surface area contributed by atoms with Crippen molar-refractivity contribution in [3.05, 3.63) is 0 Å². The standard InChI is InChI=1S/C13H25N3O3S/c1-3-8-20(18,19)16-6-4-15(5-7-16)13(17)12-10-14-9-11(12)2/h11-12,14H,3-10H2,1-2H3. The molecule has 0 spiro atoms. The topological polar surface area (TPSA) is 69.7 Å². The van der Waals surface area contributed by atoms with Gasteiger partial charge in [0, 0.05) is 32.7 Å². The van der Waals surface area contributed by atoms with E-state index in [4.69, 9.17) is 0 Å². The first-order chi connectivity index (χ1) is 9.45. The maximum absolute atomic E-state index is 12.4. The van der Waals surface area contributed by atoms with Gasteiger partial charge in [0.15, 0.2) is 0 Å². The number of nitrogens with one attached hydrogen (secondary N) is 1. The van der Waals surface area contributed by atoms with Crippen LogP contribution in [0.5, 0.6) is 0 Å². The summed E-state index contributed by atoms with van der Waals surface area (Å²) in [6.07, 6.45) is 0.632. The molecule has 0 radical (unpaired) electrons. The highest BCUT2D eigenvalue weighted by molar-refractivity contribution is 7.89. The minimum Gasteiger partial charge on any atom is -0.340 e. The molecule has 0 saturated carbocycles. The summed E-state index contributed by atoms with van der Waals surface area (Å²) in [6, 6.07) is 0. The van der Waals surface area contributed by atoms with Gasteiger partial charge in [-0.1, -0.05) is 13.8 Å². The SMILES string of the molecule is CCCS(=O)(=O)N1CCN(C(=O)C2CNCC2C)CC1. The zero-order valence-corrected chi connectivity index (χ0v) is 13.2. The summed E-state index contributed by atoms with van der Waals surface area (Å²) < 4.78 is 25.5. The van der Waals surface area contributed by atoms with E-state index < -0.39 is 10.0 Å². The summed E-state index contributed by atoms with van der Waals surface area (Å²) in [4.78, 5) is 14.2. The first kappa shape index (κ1) is 15.7. The van der Waals surface area contributed by atoms with Crippen LogP contribution in [0.1, 0.15) is 20.3 Å². The van der Waals surface area contributed by atoms with Crippen molar-refractivity contribution in [1.82, 2.24) is 14.5 Å². The van der Waals surface area contributed by atoms with Crippen LogP contribution in [0.3, 0.4) is 0 Å². The lowest BCUT2D eigenvalue weighted by Crippen LogP contribution is -2.52. The third-order valence-electron chi connectivity index (χ3n) is 4.24. The molecule has 2 unspecified atom stereocenters. The quantitative estimate of drug-likeness (QED) is 0.776. The van der Waals surface area contributed by atoms with E-state index in [1.807, 2.05) is 11.8 Å². The molecule has 1 amide bonds. The summed E-state index contributed by atoms with van der Waals surface area (Å²) in [5, 5.41) is 3.24. The van der Waals surface area contributed by atoms with Gasteiger partial charge in [-0.25, -0.2) is 8.42 Å². The van der Waals surface area contributed by atoms with Crippen LogP contribution in [-0.4, -0.2) is 68.6 Å². The van der Waals surface area contributed by atoms with E-state index in [-0.39, 0.29) is 17.6 Å². The lowest BCUT2D eigenvalue weighted by atomic mass is 9.96. The first-order valence-corrected chi connectivity index (χ1v) is 9.04. The molecule has 2 rings (SSSR count). The number of hydrogen-bond acceptors (Lipinski definition) is 4. The molecule has 116 valence electrons. The Hall–Kier alpha value is -0.660. The number of piperazine rings is 1. The van der Waals surface area contributed by atoms with Gasteiger partial charge in [0.05, 0.1) is 11.7 Å². The number of rotatable bonds is 4. The Labute approximate surface area is 121 Å². The molecule has 0 bridgehead atoms. The van der Waals surface area contributed by atoms with Crippen LogP contribution in [0.4, 0.5) is 0 Å². The van der Waals surface area contributed by atoms with Crippen LogP contribution in [0, 0.1) is 11.8 Å². The molecular formula is C13H25N3O3S. The van der Waals surface area contributed by atoms with E-state index >= 15 is 0 Å². The van der Waals surface area contributed by atoms with E-state index in [1.54, 1.807) is 0 Å². The molecule has 7 heteroatoms. The van der Waals surface area contributed by atoms with Crippen LogP contribution in [0.15, 0.2) is 0 Å². The van der Waals surface area contributed by atoms with Crippen LogP contribution in [-0.2, 0) is 14.8 Å². The highest BCUT2D eigenvalue weighted by Gasteiger charge is 2.35. The van der Waals surface area contributed by atoms with Crippen molar-refractivity contribution in [3.8, 4) is 0 Å². The van der Waals surface area contributed by atoms with E-state index in [1.165, 1.54) is 4.31 Å². The van der Waals surface area contributed by atoms with Crippen LogP contribution in [0.25, 0.3) is 0 Å². The lowest BCUT2D eigenvalue weighted by molar-refractivity contribution is -0.137. The molecule has 0 aromatic rings. The fourth-order valence-electron chi connectivity index (χ4n) is 2.95. The molecule has 1 N–H and O–H groups in total. The van der Waals surface area contributed by atoms with Gasteiger partial charge in [0.1, 0.15) is 0 Å². The largest absolute Gasteiger partial charge is 0.340 e. The van der Waals surface area contributed by atoms with Gasteiger partial charge < -0.3 is 10.2 Å². The molecule has 0 aromatic heterocycles. The summed E-state index contributed by atoms with van der Waals surface area (Å²) in [5.41, 5.74) is 0. The van der Waals surface area contributed by atoms with Crippen molar-refractivity contribution in [2.24, 2.45) is 11.8 Å². The van der Waals surface area contributed by atoms with Crippen LogP contribution in [0.2, 0.25) is 0 Å². The first-order valence-electron chi connectivity index (χ1n) is 7.43. The normalized spacial score (nSPS) is 28.8. The van der Waals surface area contributed by atoms with Crippen molar-refractivity contribution in [3.63, 3.8) is 0 Å². The van der Waals surface area contributed by atoms with Crippen molar-refractivity contribution in [1.29, 1.82) is 0 Å². The van der Waals surface area contributed by atoms with Gasteiger partial charge in [-0.3, -0.25) is 4.79 Å². The summed E-state index contributed by atoms with van der Waals surface area (Å²) in [7, 11) is -3.13. The van der Waals surface area contributed by atoms with E-state index in [0.717, 1.165) is 13.1 Å². The molecule has 0 aliphatic carbocycles. The van der Waals surface area contributed by atoms with Crippen LogP contribution >= 0.6 is 0 Å². The summed E-state index contributed by atoms with van der Waals surface area (Å²) >= 11 is 0. The molecule has 2 aliphatic heterocycles.